The van der Waals surface area contributed by atoms with Gasteiger partial charge in [-0.25, -0.2) is 8.42 Å². The molecule has 12 heteroatoms. The van der Waals surface area contributed by atoms with Crippen molar-refractivity contribution in [3.63, 3.8) is 0 Å². The van der Waals surface area contributed by atoms with E-state index in [-0.39, 0.29) is 45.9 Å². The first-order chi connectivity index (χ1) is 19.7. The third-order valence-electron chi connectivity index (χ3n) is 6.62. The second-order valence-corrected chi connectivity index (χ2v) is 12.1. The Kier molecular flexibility index (Phi) is 10.9. The normalized spacial score (nSPS) is 13.8. The van der Waals surface area contributed by atoms with Crippen LogP contribution < -0.4 is 25.4 Å². The first-order valence-corrected chi connectivity index (χ1v) is 15.6. The van der Waals surface area contributed by atoms with Crippen molar-refractivity contribution >= 4 is 50.7 Å². The zero-order chi connectivity index (χ0) is 29.2. The maximum Gasteiger partial charge on any atom is 0.265 e. The van der Waals surface area contributed by atoms with Gasteiger partial charge in [0.1, 0.15) is 10.6 Å². The average molecular weight is 620 g/mol. The van der Waals surface area contributed by atoms with Gasteiger partial charge in [-0.05, 0) is 80.7 Å². The van der Waals surface area contributed by atoms with Gasteiger partial charge in [0.05, 0.1) is 10.6 Å². The van der Waals surface area contributed by atoms with E-state index in [0.29, 0.717) is 23.2 Å². The largest absolute Gasteiger partial charge is 0.454 e. The summed E-state index contributed by atoms with van der Waals surface area (Å²) in [6.45, 7) is 2.65. The molecule has 2 amide bonds. The average Bonchev–Trinajstić information content (AvgIpc) is 2.95. The van der Waals surface area contributed by atoms with Crippen LogP contribution in [0.1, 0.15) is 36.0 Å². The van der Waals surface area contributed by atoms with Gasteiger partial charge in [-0.3, -0.25) is 14.3 Å². The maximum atomic E-state index is 13.4. The van der Waals surface area contributed by atoms with E-state index >= 15 is 0 Å². The number of para-hydroxylation sites is 2. The molecule has 0 aromatic heterocycles. The second kappa shape index (κ2) is 14.5. The maximum absolute atomic E-state index is 13.4. The lowest BCUT2D eigenvalue weighted by Gasteiger charge is -2.22. The molecule has 1 aliphatic heterocycles. The molecular formula is C29H32Cl2N4O5S. The lowest BCUT2D eigenvalue weighted by atomic mass is 9.95. The smallest absolute Gasteiger partial charge is 0.265 e. The summed E-state index contributed by atoms with van der Waals surface area (Å²) in [6, 6.07) is 17.0. The number of hydrogen-bond acceptors (Lipinski definition) is 6. The molecule has 0 atom stereocenters. The van der Waals surface area contributed by atoms with Crippen molar-refractivity contribution in [1.82, 2.24) is 16.0 Å². The predicted molar refractivity (Wildman–Crippen MR) is 160 cm³/mol. The molecule has 1 fully saturated rings. The molecule has 0 spiro atoms. The summed E-state index contributed by atoms with van der Waals surface area (Å²) in [7, 11) is -4.19. The molecular weight excluding hydrogens is 587 g/mol. The Balaban J connectivity index is 1.48. The summed E-state index contributed by atoms with van der Waals surface area (Å²) < 4.78 is 35.3. The number of rotatable bonds is 12. The van der Waals surface area contributed by atoms with Crippen molar-refractivity contribution in [3.8, 4) is 11.5 Å². The van der Waals surface area contributed by atoms with Crippen LogP contribution >= 0.6 is 23.2 Å². The van der Waals surface area contributed by atoms with E-state index in [9.17, 15) is 18.0 Å². The van der Waals surface area contributed by atoms with Gasteiger partial charge in [-0.1, -0.05) is 47.5 Å². The summed E-state index contributed by atoms with van der Waals surface area (Å²) in [5.74, 6) is -0.287. The molecule has 0 radical (unpaired) electrons. The van der Waals surface area contributed by atoms with Gasteiger partial charge in [0.15, 0.2) is 5.75 Å². The van der Waals surface area contributed by atoms with Crippen LogP contribution in [0.15, 0.2) is 71.6 Å². The van der Waals surface area contributed by atoms with Crippen LogP contribution in [0.5, 0.6) is 11.5 Å². The van der Waals surface area contributed by atoms with Crippen LogP contribution in [0.4, 0.5) is 5.69 Å². The van der Waals surface area contributed by atoms with Crippen molar-refractivity contribution in [2.45, 2.75) is 30.6 Å². The van der Waals surface area contributed by atoms with E-state index in [1.54, 1.807) is 30.3 Å². The number of nitrogens with one attached hydrogen (secondary N) is 4. The number of amides is 2. The van der Waals surface area contributed by atoms with Gasteiger partial charge >= 0.3 is 0 Å². The molecule has 1 saturated heterocycles. The lowest BCUT2D eigenvalue weighted by Crippen LogP contribution is -2.33. The number of benzene rings is 3. The SMILES string of the molecule is O=C(CCNC(=O)c1cccc(S(=O)(=O)Nc2ccccc2)c1Oc1ccc(Cl)cc1Cl)NCCC1CCNCC1. The molecule has 41 heavy (non-hydrogen) atoms. The van der Waals surface area contributed by atoms with E-state index < -0.39 is 15.9 Å². The number of carbonyl (C=O) groups excluding carboxylic acids is 2. The van der Waals surface area contributed by atoms with E-state index in [0.717, 1.165) is 32.4 Å². The summed E-state index contributed by atoms with van der Waals surface area (Å²) in [4.78, 5) is 25.3. The van der Waals surface area contributed by atoms with Crippen molar-refractivity contribution in [2.24, 2.45) is 5.92 Å². The minimum atomic E-state index is -4.19. The van der Waals surface area contributed by atoms with Gasteiger partial charge in [0, 0.05) is 30.2 Å². The van der Waals surface area contributed by atoms with E-state index in [1.807, 2.05) is 0 Å². The Morgan fingerprint density at radius 2 is 1.68 bits per heavy atom. The van der Waals surface area contributed by atoms with E-state index in [4.69, 9.17) is 27.9 Å². The van der Waals surface area contributed by atoms with Crippen LogP contribution in [-0.2, 0) is 14.8 Å². The molecule has 0 aliphatic carbocycles. The summed E-state index contributed by atoms with van der Waals surface area (Å²) in [5, 5.41) is 9.41. The zero-order valence-electron chi connectivity index (χ0n) is 22.3. The van der Waals surface area contributed by atoms with Crippen molar-refractivity contribution in [1.29, 1.82) is 0 Å². The number of hydrogen-bond donors (Lipinski definition) is 4. The minimum absolute atomic E-state index is 0.0433. The van der Waals surface area contributed by atoms with Crippen LogP contribution in [-0.4, -0.2) is 46.4 Å². The Bertz CT molecular complexity index is 1470. The van der Waals surface area contributed by atoms with Gasteiger partial charge in [0.25, 0.3) is 15.9 Å². The summed E-state index contributed by atoms with van der Waals surface area (Å²) in [6.07, 6.45) is 3.21. The molecule has 1 heterocycles. The van der Waals surface area contributed by atoms with Gasteiger partial charge < -0.3 is 20.7 Å². The highest BCUT2D eigenvalue weighted by Crippen LogP contribution is 2.37. The number of carbonyl (C=O) groups is 2. The number of halogens is 2. The topological polar surface area (TPSA) is 126 Å². The Morgan fingerprint density at radius 3 is 2.41 bits per heavy atom. The molecule has 218 valence electrons. The number of anilines is 1. The first kappa shape index (κ1) is 30.6. The predicted octanol–water partition coefficient (Wildman–Crippen LogP) is 5.21. The third-order valence-corrected chi connectivity index (χ3v) is 8.55. The third kappa shape index (κ3) is 8.84. The molecule has 3 aromatic rings. The van der Waals surface area contributed by atoms with Crippen LogP contribution in [0, 0.1) is 5.92 Å². The summed E-state index contributed by atoms with van der Waals surface area (Å²) in [5.41, 5.74) is 0.294. The van der Waals surface area contributed by atoms with Gasteiger partial charge in [0.2, 0.25) is 5.91 Å². The highest BCUT2D eigenvalue weighted by atomic mass is 35.5. The van der Waals surface area contributed by atoms with Crippen LogP contribution in [0.25, 0.3) is 0 Å². The molecule has 1 aliphatic rings. The van der Waals surface area contributed by atoms with Crippen LogP contribution in [0.2, 0.25) is 10.0 Å². The molecule has 9 nitrogen and oxygen atoms in total. The molecule has 4 rings (SSSR count). The zero-order valence-corrected chi connectivity index (χ0v) is 24.6. The fourth-order valence-corrected chi connectivity index (χ4v) is 6.11. The van der Waals surface area contributed by atoms with E-state index in [1.165, 1.54) is 36.4 Å². The number of sulfonamides is 1. The fraction of sp³-hybridized carbons (Fsp3) is 0.310. The highest BCUT2D eigenvalue weighted by Gasteiger charge is 2.26. The van der Waals surface area contributed by atoms with Gasteiger partial charge in [-0.15, -0.1) is 0 Å². The van der Waals surface area contributed by atoms with Crippen molar-refractivity contribution in [2.75, 3.05) is 30.9 Å². The van der Waals surface area contributed by atoms with Gasteiger partial charge in [-0.2, -0.15) is 0 Å². The Labute approximate surface area is 250 Å². The second-order valence-electron chi connectivity index (χ2n) is 9.62. The van der Waals surface area contributed by atoms with E-state index in [2.05, 4.69) is 20.7 Å². The lowest BCUT2D eigenvalue weighted by molar-refractivity contribution is -0.121. The quantitative estimate of drug-likeness (QED) is 0.221. The molecule has 0 unspecified atom stereocenters. The minimum Gasteiger partial charge on any atom is -0.454 e. The number of piperidine rings is 1. The number of ether oxygens (including phenoxy) is 1. The van der Waals surface area contributed by atoms with Crippen LogP contribution in [0.3, 0.4) is 0 Å². The standard InChI is InChI=1S/C29H32Cl2N4O5S/c30-21-9-10-25(24(31)19-21)40-28-23(7-4-8-26(28)41(38,39)35-22-5-2-1-3-6-22)29(37)34-18-14-27(36)33-17-13-20-11-15-32-16-12-20/h1-10,19-20,32,35H,11-18H2,(H,33,36)(H,34,37). The Hall–Kier alpha value is -3.31. The van der Waals surface area contributed by atoms with Crippen molar-refractivity contribution < 1.29 is 22.7 Å². The fourth-order valence-electron chi connectivity index (χ4n) is 4.46. The monoisotopic (exact) mass is 618 g/mol. The first-order valence-electron chi connectivity index (χ1n) is 13.3. The summed E-state index contributed by atoms with van der Waals surface area (Å²) >= 11 is 12.3. The molecule has 4 N–H and O–H groups in total. The molecule has 0 bridgehead atoms. The Morgan fingerprint density at radius 1 is 0.927 bits per heavy atom. The molecule has 0 saturated carbocycles. The van der Waals surface area contributed by atoms with Crippen molar-refractivity contribution in [3.05, 3.63) is 82.3 Å². The highest BCUT2D eigenvalue weighted by molar-refractivity contribution is 7.92. The molecule has 3 aromatic carbocycles.